The number of nitrogens with one attached hydrogen (secondary N) is 2. The number of nitrogens with zero attached hydrogens (tertiary/aromatic N) is 1. The molecule has 1 saturated carbocycles. The van der Waals surface area contributed by atoms with Crippen molar-refractivity contribution in [3.63, 3.8) is 0 Å². The minimum Gasteiger partial charge on any atom is -0.378 e. The van der Waals surface area contributed by atoms with Crippen LogP contribution in [-0.2, 0) is 14.8 Å². The lowest BCUT2D eigenvalue weighted by Crippen LogP contribution is -2.26. The molecule has 2 N–H and O–H groups in total. The largest absolute Gasteiger partial charge is 0.378 e. The average Bonchev–Trinajstić information content (AvgIpc) is 2.94. The molecule has 108 valence electrons. The minimum absolute atomic E-state index is 0.0979. The van der Waals surface area contributed by atoms with Crippen LogP contribution in [0.15, 0.2) is 17.3 Å². The van der Waals surface area contributed by atoms with Crippen LogP contribution in [0.4, 0.5) is 0 Å². The lowest BCUT2D eigenvalue weighted by molar-refractivity contribution is 0.0278. The highest BCUT2D eigenvalue weighted by Gasteiger charge is 2.15. The summed E-state index contributed by atoms with van der Waals surface area (Å²) in [5.41, 5.74) is 0. The molecular weight excluding hydrogens is 266 g/mol. The first kappa shape index (κ1) is 14.5. The van der Waals surface area contributed by atoms with E-state index in [2.05, 4.69) is 14.9 Å². The first-order chi connectivity index (χ1) is 9.18. The van der Waals surface area contributed by atoms with Crippen molar-refractivity contribution in [2.75, 3.05) is 13.2 Å². The van der Waals surface area contributed by atoms with E-state index < -0.39 is 10.0 Å². The van der Waals surface area contributed by atoms with Gasteiger partial charge in [-0.3, -0.25) is 5.10 Å². The topological polar surface area (TPSA) is 84.1 Å². The van der Waals surface area contributed by atoms with Crippen LogP contribution in [0.1, 0.15) is 38.5 Å². The molecule has 2 rings (SSSR count). The molecule has 1 fully saturated rings. The number of H-pyrrole nitrogens is 1. The Balaban J connectivity index is 1.61. The van der Waals surface area contributed by atoms with E-state index >= 15 is 0 Å². The molecule has 6 nitrogen and oxygen atoms in total. The van der Waals surface area contributed by atoms with Crippen LogP contribution in [-0.4, -0.2) is 37.9 Å². The van der Waals surface area contributed by atoms with Gasteiger partial charge in [-0.15, -0.1) is 0 Å². The first-order valence-corrected chi connectivity index (χ1v) is 8.27. The molecular formula is C12H21N3O3S. The maximum Gasteiger partial charge on any atom is 0.257 e. The molecule has 0 unspecified atom stereocenters. The molecule has 0 bridgehead atoms. The van der Waals surface area contributed by atoms with E-state index in [-0.39, 0.29) is 5.03 Å². The molecule has 7 heteroatoms. The monoisotopic (exact) mass is 287 g/mol. The third kappa shape index (κ3) is 4.59. The zero-order valence-electron chi connectivity index (χ0n) is 11.0. The van der Waals surface area contributed by atoms with Gasteiger partial charge >= 0.3 is 0 Å². The van der Waals surface area contributed by atoms with Gasteiger partial charge in [0.2, 0.25) is 0 Å². The smallest absolute Gasteiger partial charge is 0.257 e. The standard InChI is InChI=1S/C12H21N3O3S/c16-19(17,12-7-9-13-15-12)14-8-4-10-18-11-5-2-1-3-6-11/h7,9,11,14H,1-6,8,10H2,(H,13,15). The van der Waals surface area contributed by atoms with Crippen molar-refractivity contribution in [3.8, 4) is 0 Å². The number of sulfonamides is 1. The highest BCUT2D eigenvalue weighted by molar-refractivity contribution is 7.89. The summed E-state index contributed by atoms with van der Waals surface area (Å²) in [5, 5.41) is 6.16. The Hall–Kier alpha value is -0.920. The Kier molecular flexibility index (Phi) is 5.35. The fourth-order valence-electron chi connectivity index (χ4n) is 2.23. The second-order valence-corrected chi connectivity index (χ2v) is 6.54. The number of aromatic nitrogens is 2. The molecule has 0 saturated heterocycles. The predicted molar refractivity (Wildman–Crippen MR) is 71.2 cm³/mol. The van der Waals surface area contributed by atoms with Crippen LogP contribution < -0.4 is 4.72 Å². The third-order valence-electron chi connectivity index (χ3n) is 3.28. The van der Waals surface area contributed by atoms with Crippen LogP contribution >= 0.6 is 0 Å². The van der Waals surface area contributed by atoms with E-state index in [9.17, 15) is 8.42 Å². The first-order valence-electron chi connectivity index (χ1n) is 6.79. The molecule has 0 radical (unpaired) electrons. The van der Waals surface area contributed by atoms with Crippen molar-refractivity contribution >= 4 is 10.0 Å². The lowest BCUT2D eigenvalue weighted by Gasteiger charge is -2.21. The number of aromatic amines is 1. The molecule has 0 spiro atoms. The van der Waals surface area contributed by atoms with Gasteiger partial charge < -0.3 is 4.74 Å². The second-order valence-electron chi connectivity index (χ2n) is 4.80. The third-order valence-corrected chi connectivity index (χ3v) is 4.67. The van der Waals surface area contributed by atoms with Gasteiger partial charge in [0.15, 0.2) is 5.03 Å². The zero-order valence-corrected chi connectivity index (χ0v) is 11.8. The Morgan fingerprint density at radius 3 is 2.84 bits per heavy atom. The summed E-state index contributed by atoms with van der Waals surface area (Å²) >= 11 is 0. The predicted octanol–water partition coefficient (Wildman–Crippen LogP) is 1.43. The molecule has 19 heavy (non-hydrogen) atoms. The molecule has 0 aromatic carbocycles. The van der Waals surface area contributed by atoms with Gasteiger partial charge in [0, 0.05) is 13.2 Å². The van der Waals surface area contributed by atoms with Crippen molar-refractivity contribution in [2.45, 2.75) is 49.7 Å². The number of ether oxygens (including phenoxy) is 1. The van der Waals surface area contributed by atoms with Gasteiger partial charge in [0.25, 0.3) is 10.0 Å². The SMILES string of the molecule is O=S(=O)(NCCCOC1CCCCC1)c1ccn[nH]1. The Bertz CT molecular complexity index is 453. The summed E-state index contributed by atoms with van der Waals surface area (Å²) in [7, 11) is -3.45. The summed E-state index contributed by atoms with van der Waals surface area (Å²) in [6.45, 7) is 0.990. The number of hydrogen-bond acceptors (Lipinski definition) is 4. The Morgan fingerprint density at radius 2 is 2.16 bits per heavy atom. The highest BCUT2D eigenvalue weighted by Crippen LogP contribution is 2.20. The fourth-order valence-corrected chi connectivity index (χ4v) is 3.21. The molecule has 1 aromatic heterocycles. The zero-order chi connectivity index (χ0) is 13.6. The molecule has 1 heterocycles. The highest BCUT2D eigenvalue weighted by atomic mass is 32.2. The van der Waals surface area contributed by atoms with Crippen molar-refractivity contribution in [1.29, 1.82) is 0 Å². The summed E-state index contributed by atoms with van der Waals surface area (Å²) < 4.78 is 31.7. The van der Waals surface area contributed by atoms with E-state index in [0.717, 1.165) is 12.8 Å². The minimum atomic E-state index is -3.45. The summed E-state index contributed by atoms with van der Waals surface area (Å²) in [4.78, 5) is 0. The summed E-state index contributed by atoms with van der Waals surface area (Å²) in [6.07, 6.45) is 8.56. The van der Waals surface area contributed by atoms with Crippen LogP contribution in [0, 0.1) is 0 Å². The van der Waals surface area contributed by atoms with E-state index in [1.807, 2.05) is 0 Å². The van der Waals surface area contributed by atoms with E-state index in [0.29, 0.717) is 25.7 Å². The van der Waals surface area contributed by atoms with E-state index in [1.165, 1.54) is 31.5 Å². The van der Waals surface area contributed by atoms with Gasteiger partial charge in [0.1, 0.15) is 0 Å². The molecule has 0 amide bonds. The number of hydrogen-bond donors (Lipinski definition) is 2. The molecule has 0 aliphatic heterocycles. The van der Waals surface area contributed by atoms with Gasteiger partial charge in [0.05, 0.1) is 12.3 Å². The Morgan fingerprint density at radius 1 is 1.37 bits per heavy atom. The summed E-state index contributed by atoms with van der Waals surface area (Å²) in [6, 6.07) is 1.43. The van der Waals surface area contributed by atoms with Gasteiger partial charge in [-0.1, -0.05) is 19.3 Å². The van der Waals surface area contributed by atoms with E-state index in [1.54, 1.807) is 0 Å². The normalized spacial score (nSPS) is 17.7. The van der Waals surface area contributed by atoms with Crippen molar-refractivity contribution < 1.29 is 13.2 Å². The molecule has 1 aromatic rings. The lowest BCUT2D eigenvalue weighted by atomic mass is 9.98. The van der Waals surface area contributed by atoms with Crippen LogP contribution in [0.25, 0.3) is 0 Å². The number of rotatable bonds is 7. The Labute approximate surface area is 114 Å². The van der Waals surface area contributed by atoms with Crippen LogP contribution in [0.2, 0.25) is 0 Å². The quantitative estimate of drug-likeness (QED) is 0.743. The van der Waals surface area contributed by atoms with Crippen LogP contribution in [0.3, 0.4) is 0 Å². The summed E-state index contributed by atoms with van der Waals surface area (Å²) in [5.74, 6) is 0. The maximum absolute atomic E-state index is 11.7. The van der Waals surface area contributed by atoms with Crippen LogP contribution in [0.5, 0.6) is 0 Å². The van der Waals surface area contributed by atoms with Crippen molar-refractivity contribution in [3.05, 3.63) is 12.3 Å². The van der Waals surface area contributed by atoms with Crippen molar-refractivity contribution in [1.82, 2.24) is 14.9 Å². The fraction of sp³-hybridized carbons (Fsp3) is 0.750. The van der Waals surface area contributed by atoms with Gasteiger partial charge in [-0.25, -0.2) is 13.1 Å². The van der Waals surface area contributed by atoms with Gasteiger partial charge in [-0.05, 0) is 25.3 Å². The molecule has 0 atom stereocenters. The van der Waals surface area contributed by atoms with Gasteiger partial charge in [-0.2, -0.15) is 5.10 Å². The molecule has 1 aliphatic rings. The molecule has 1 aliphatic carbocycles. The average molecular weight is 287 g/mol. The van der Waals surface area contributed by atoms with Crippen molar-refractivity contribution in [2.24, 2.45) is 0 Å². The second kappa shape index (κ2) is 7.02. The van der Waals surface area contributed by atoms with E-state index in [4.69, 9.17) is 4.74 Å². The maximum atomic E-state index is 11.7.